The summed E-state index contributed by atoms with van der Waals surface area (Å²) in [5, 5.41) is 17.6. The second kappa shape index (κ2) is 12.2. The number of nitrogens with one attached hydrogen (secondary N) is 2. The Labute approximate surface area is 182 Å². The van der Waals surface area contributed by atoms with Gasteiger partial charge < -0.3 is 15.4 Å². The smallest absolute Gasteiger partial charge is 0.274 e. The van der Waals surface area contributed by atoms with Gasteiger partial charge in [0.15, 0.2) is 5.96 Å². The van der Waals surface area contributed by atoms with Crippen molar-refractivity contribution in [3.63, 3.8) is 0 Å². The number of nitro benzene ring substituents is 1. The highest BCUT2D eigenvalue weighted by Gasteiger charge is 2.12. The van der Waals surface area contributed by atoms with Crippen molar-refractivity contribution < 1.29 is 9.66 Å². The van der Waals surface area contributed by atoms with E-state index in [0.717, 1.165) is 17.7 Å². The van der Waals surface area contributed by atoms with Gasteiger partial charge in [0.2, 0.25) is 0 Å². The molecule has 28 heavy (non-hydrogen) atoms. The number of hydrogen-bond acceptors (Lipinski definition) is 4. The van der Waals surface area contributed by atoms with Crippen molar-refractivity contribution in [3.05, 3.63) is 69.3 Å². The lowest BCUT2D eigenvalue weighted by Crippen LogP contribution is -2.38. The molecule has 2 N–H and O–H groups in total. The summed E-state index contributed by atoms with van der Waals surface area (Å²) in [5.41, 5.74) is 2.98. The standard InChI is InChI=1S/C20H26N4O3.HI/c1-4-21-20(23-14-17-7-5-6-8-18(17)24(25)26)22-12-11-16-13-15(2)9-10-19(16)27-3;/h5-10,13H,4,11-12,14H2,1-3H3,(H2,21,22,23);1H. The van der Waals surface area contributed by atoms with Crippen molar-refractivity contribution in [1.82, 2.24) is 10.6 Å². The van der Waals surface area contributed by atoms with Crippen LogP contribution in [0.15, 0.2) is 47.5 Å². The third-order valence-electron chi connectivity index (χ3n) is 4.06. The highest BCUT2D eigenvalue weighted by atomic mass is 127. The molecule has 0 atom stereocenters. The van der Waals surface area contributed by atoms with Crippen LogP contribution in [0.2, 0.25) is 0 Å². The molecule has 0 fully saturated rings. The Morgan fingerprint density at radius 2 is 1.93 bits per heavy atom. The zero-order chi connectivity index (χ0) is 19.6. The summed E-state index contributed by atoms with van der Waals surface area (Å²) in [4.78, 5) is 15.2. The molecule has 0 aliphatic rings. The number of aryl methyl sites for hydroxylation is 1. The van der Waals surface area contributed by atoms with Crippen LogP contribution < -0.4 is 15.4 Å². The summed E-state index contributed by atoms with van der Waals surface area (Å²) in [7, 11) is 1.67. The van der Waals surface area contributed by atoms with E-state index in [4.69, 9.17) is 4.74 Å². The molecule has 2 aromatic carbocycles. The van der Waals surface area contributed by atoms with Gasteiger partial charge >= 0.3 is 0 Å². The molecule has 0 radical (unpaired) electrons. The Morgan fingerprint density at radius 1 is 1.18 bits per heavy atom. The largest absolute Gasteiger partial charge is 0.496 e. The van der Waals surface area contributed by atoms with Gasteiger partial charge in [0.25, 0.3) is 5.69 Å². The normalized spacial score (nSPS) is 10.8. The van der Waals surface area contributed by atoms with E-state index in [9.17, 15) is 10.1 Å². The molecule has 0 bridgehead atoms. The van der Waals surface area contributed by atoms with Gasteiger partial charge in [-0.3, -0.25) is 10.1 Å². The van der Waals surface area contributed by atoms with Gasteiger partial charge in [-0.2, -0.15) is 0 Å². The first-order valence-electron chi connectivity index (χ1n) is 8.93. The third-order valence-corrected chi connectivity index (χ3v) is 4.06. The molecule has 0 aliphatic carbocycles. The van der Waals surface area contributed by atoms with Crippen LogP contribution >= 0.6 is 24.0 Å². The molecule has 0 saturated heterocycles. The second-order valence-electron chi connectivity index (χ2n) is 6.07. The van der Waals surface area contributed by atoms with Gasteiger partial charge in [-0.15, -0.1) is 24.0 Å². The molecule has 0 heterocycles. The molecule has 0 aromatic heterocycles. The minimum atomic E-state index is -0.380. The Kier molecular flexibility index (Phi) is 10.3. The van der Waals surface area contributed by atoms with E-state index in [2.05, 4.69) is 28.6 Å². The van der Waals surface area contributed by atoms with E-state index in [-0.39, 0.29) is 41.1 Å². The third kappa shape index (κ3) is 6.99. The van der Waals surface area contributed by atoms with Gasteiger partial charge in [-0.25, -0.2) is 4.99 Å². The number of methoxy groups -OCH3 is 1. The van der Waals surface area contributed by atoms with Crippen LogP contribution in [0.25, 0.3) is 0 Å². The highest BCUT2D eigenvalue weighted by Crippen LogP contribution is 2.20. The van der Waals surface area contributed by atoms with Crippen LogP contribution in [0.5, 0.6) is 5.75 Å². The summed E-state index contributed by atoms with van der Waals surface area (Å²) in [6.45, 7) is 5.64. The summed E-state index contributed by atoms with van der Waals surface area (Å²) in [5.74, 6) is 1.49. The molecule has 0 saturated carbocycles. The van der Waals surface area contributed by atoms with Crippen molar-refractivity contribution in [3.8, 4) is 5.75 Å². The number of ether oxygens (including phenoxy) is 1. The predicted octanol–water partition coefficient (Wildman–Crippen LogP) is 3.83. The molecule has 152 valence electrons. The maximum atomic E-state index is 11.1. The monoisotopic (exact) mass is 498 g/mol. The van der Waals surface area contributed by atoms with Crippen molar-refractivity contribution in [1.29, 1.82) is 0 Å². The van der Waals surface area contributed by atoms with Crippen molar-refractivity contribution >= 4 is 35.6 Å². The zero-order valence-corrected chi connectivity index (χ0v) is 18.7. The molecule has 0 spiro atoms. The lowest BCUT2D eigenvalue weighted by atomic mass is 10.1. The number of hydrogen-bond donors (Lipinski definition) is 2. The van der Waals surface area contributed by atoms with Crippen molar-refractivity contribution in [2.75, 3.05) is 20.2 Å². The van der Waals surface area contributed by atoms with Crippen LogP contribution in [0.4, 0.5) is 5.69 Å². The number of para-hydroxylation sites is 1. The topological polar surface area (TPSA) is 88.8 Å². The highest BCUT2D eigenvalue weighted by molar-refractivity contribution is 14.0. The first-order chi connectivity index (χ1) is 13.0. The first-order valence-corrected chi connectivity index (χ1v) is 8.93. The maximum absolute atomic E-state index is 11.1. The minimum absolute atomic E-state index is 0. The summed E-state index contributed by atoms with van der Waals surface area (Å²) in [6, 6.07) is 12.8. The van der Waals surface area contributed by atoms with E-state index >= 15 is 0 Å². The van der Waals surface area contributed by atoms with Gasteiger partial charge in [0.05, 0.1) is 24.1 Å². The van der Waals surface area contributed by atoms with E-state index < -0.39 is 0 Å². The molecular weight excluding hydrogens is 471 g/mol. The number of nitro groups is 1. The molecule has 8 heteroatoms. The van der Waals surface area contributed by atoms with Gasteiger partial charge in [-0.05, 0) is 31.9 Å². The van der Waals surface area contributed by atoms with Crippen molar-refractivity contribution in [2.24, 2.45) is 4.99 Å². The molecular formula is C20H27IN4O3. The Bertz CT molecular complexity index is 812. The van der Waals surface area contributed by atoms with E-state index in [1.165, 1.54) is 11.6 Å². The van der Waals surface area contributed by atoms with Crippen LogP contribution in [-0.2, 0) is 13.0 Å². The summed E-state index contributed by atoms with van der Waals surface area (Å²) in [6.07, 6.45) is 0.779. The van der Waals surface area contributed by atoms with E-state index in [0.29, 0.717) is 24.6 Å². The minimum Gasteiger partial charge on any atom is -0.496 e. The SMILES string of the molecule is CCNC(=NCc1ccccc1[N+](=O)[O-])NCCc1cc(C)ccc1OC.I. The Balaban J connectivity index is 0.00000392. The van der Waals surface area contributed by atoms with Crippen LogP contribution in [0.1, 0.15) is 23.6 Å². The summed E-state index contributed by atoms with van der Waals surface area (Å²) < 4.78 is 5.41. The zero-order valence-electron chi connectivity index (χ0n) is 16.4. The van der Waals surface area contributed by atoms with Gasteiger partial charge in [-0.1, -0.05) is 35.9 Å². The molecule has 2 rings (SSSR count). The van der Waals surface area contributed by atoms with E-state index in [1.54, 1.807) is 25.3 Å². The molecule has 0 aliphatic heterocycles. The molecule has 2 aromatic rings. The number of nitrogens with zero attached hydrogens (tertiary/aromatic N) is 2. The molecule has 0 amide bonds. The van der Waals surface area contributed by atoms with Crippen molar-refractivity contribution in [2.45, 2.75) is 26.8 Å². The predicted molar refractivity (Wildman–Crippen MR) is 123 cm³/mol. The summed E-state index contributed by atoms with van der Waals surface area (Å²) >= 11 is 0. The Morgan fingerprint density at radius 3 is 2.61 bits per heavy atom. The van der Waals surface area contributed by atoms with Gasteiger partial charge in [0.1, 0.15) is 5.75 Å². The first kappa shape index (κ1) is 23.7. The number of benzene rings is 2. The molecule has 0 unspecified atom stereocenters. The van der Waals surface area contributed by atoms with E-state index in [1.807, 2.05) is 19.1 Å². The number of aliphatic imine (C=N–C) groups is 1. The fraction of sp³-hybridized carbons (Fsp3) is 0.350. The average molecular weight is 498 g/mol. The van der Waals surface area contributed by atoms with Gasteiger partial charge in [0, 0.05) is 19.2 Å². The average Bonchev–Trinajstić information content (AvgIpc) is 2.66. The fourth-order valence-corrected chi connectivity index (χ4v) is 2.75. The number of guanidine groups is 1. The van der Waals surface area contributed by atoms with Crippen LogP contribution in [0.3, 0.4) is 0 Å². The number of rotatable bonds is 8. The number of halogens is 1. The Hall–Kier alpha value is -2.36. The van der Waals surface area contributed by atoms with Crippen LogP contribution in [0, 0.1) is 17.0 Å². The molecule has 7 nitrogen and oxygen atoms in total. The second-order valence-corrected chi connectivity index (χ2v) is 6.07. The lowest BCUT2D eigenvalue weighted by molar-refractivity contribution is -0.385. The fourth-order valence-electron chi connectivity index (χ4n) is 2.75. The van der Waals surface area contributed by atoms with Crippen LogP contribution in [-0.4, -0.2) is 31.1 Å². The quantitative estimate of drug-likeness (QED) is 0.190. The maximum Gasteiger partial charge on any atom is 0.274 e. The lowest BCUT2D eigenvalue weighted by Gasteiger charge is -2.13.